The summed E-state index contributed by atoms with van der Waals surface area (Å²) < 4.78 is 47.6. The normalized spacial score (nSPS) is 12.6. The first-order valence-electron chi connectivity index (χ1n) is 9.12. The van der Waals surface area contributed by atoms with Crippen molar-refractivity contribution in [2.75, 3.05) is 62.1 Å². The molecule has 0 unspecified atom stereocenters. The molecule has 9 nitrogen and oxygen atoms in total. The maximum absolute atomic E-state index is 13.8. The molecule has 0 amide bonds. The topological polar surface area (TPSA) is 110 Å². The van der Waals surface area contributed by atoms with Crippen LogP contribution in [0, 0.1) is 10.1 Å². The lowest BCUT2D eigenvalue weighted by Gasteiger charge is -2.37. The number of halogens is 4. The fraction of sp³-hybridized carbons (Fsp3) is 0.625. The molecule has 0 aliphatic rings. The number of benzene rings is 1. The van der Waals surface area contributed by atoms with Crippen LogP contribution >= 0.6 is 54.1 Å². The first kappa shape index (κ1) is 28.9. The monoisotopic (exact) mass is 557 g/mol. The molecule has 1 aromatic rings. The lowest BCUT2D eigenvalue weighted by atomic mass is 10.3. The number of hydrogen-bond donors (Lipinski definition) is 0. The molecule has 15 heteroatoms. The summed E-state index contributed by atoms with van der Waals surface area (Å²) in [5.41, 5.74) is -0.227. The van der Waals surface area contributed by atoms with Crippen molar-refractivity contribution in [3.05, 3.63) is 34.4 Å². The van der Waals surface area contributed by atoms with Gasteiger partial charge >= 0.3 is 7.67 Å². The quantitative estimate of drug-likeness (QED) is 0.129. The van der Waals surface area contributed by atoms with E-state index in [0.29, 0.717) is 0 Å². The summed E-state index contributed by atoms with van der Waals surface area (Å²) in [6.45, 7) is 0.394. The van der Waals surface area contributed by atoms with Gasteiger partial charge in [-0.2, -0.15) is 0 Å². The average molecular weight is 559 g/mol. The lowest BCUT2D eigenvalue weighted by molar-refractivity contribution is -0.384. The molecule has 0 radical (unpaired) electrons. The smallest absolute Gasteiger partial charge is 0.305 e. The summed E-state index contributed by atoms with van der Waals surface area (Å²) in [5.74, 6) is 0.129. The molecule has 0 bridgehead atoms. The summed E-state index contributed by atoms with van der Waals surface area (Å²) >= 11 is 23.4. The minimum Gasteiger partial charge on any atom is -0.305 e. The maximum Gasteiger partial charge on any atom is 0.346 e. The van der Waals surface area contributed by atoms with Crippen molar-refractivity contribution in [1.29, 1.82) is 0 Å². The Labute approximate surface area is 202 Å². The van der Waals surface area contributed by atoms with E-state index in [4.69, 9.17) is 50.9 Å². The predicted molar refractivity (Wildman–Crippen MR) is 125 cm³/mol. The third kappa shape index (κ3) is 8.61. The van der Waals surface area contributed by atoms with E-state index in [1.54, 1.807) is 0 Å². The Hall–Kier alpha value is -0.160. The highest BCUT2D eigenvalue weighted by atomic mass is 35.5. The molecule has 178 valence electrons. The molecule has 1 aromatic carbocycles. The Morgan fingerprint density at radius 3 is 1.68 bits per heavy atom. The number of sulfone groups is 1. The predicted octanol–water partition coefficient (Wildman–Crippen LogP) is 4.05. The molecule has 0 aliphatic heterocycles. The van der Waals surface area contributed by atoms with Crippen LogP contribution < -0.4 is 0 Å². The van der Waals surface area contributed by atoms with E-state index in [0.717, 1.165) is 24.3 Å². The summed E-state index contributed by atoms with van der Waals surface area (Å²) in [7, 11) is -7.56. The van der Waals surface area contributed by atoms with E-state index in [9.17, 15) is 23.1 Å². The fourth-order valence-electron chi connectivity index (χ4n) is 2.62. The Balaban J connectivity index is 3.05. The van der Waals surface area contributed by atoms with Crippen molar-refractivity contribution < 1.29 is 22.4 Å². The second-order valence-corrected chi connectivity index (χ2v) is 12.0. The number of nitro groups is 1. The van der Waals surface area contributed by atoms with Gasteiger partial charge in [-0.25, -0.2) is 17.8 Å². The number of nitro benzene ring substituents is 1. The van der Waals surface area contributed by atoms with Gasteiger partial charge in [0.05, 0.1) is 22.2 Å². The average Bonchev–Trinajstić information content (AvgIpc) is 2.73. The highest BCUT2D eigenvalue weighted by Crippen LogP contribution is 2.54. The molecule has 0 aromatic heterocycles. The third-order valence-electron chi connectivity index (χ3n) is 4.10. The molecule has 0 heterocycles. The van der Waals surface area contributed by atoms with Gasteiger partial charge in [-0.15, -0.1) is 46.4 Å². The van der Waals surface area contributed by atoms with Crippen LogP contribution in [0.3, 0.4) is 0 Å². The molecule has 0 atom stereocenters. The van der Waals surface area contributed by atoms with Gasteiger partial charge in [0.2, 0.25) is 0 Å². The Kier molecular flexibility index (Phi) is 13.2. The van der Waals surface area contributed by atoms with E-state index in [1.807, 2.05) is 0 Å². The molecule has 0 fully saturated rings. The van der Waals surface area contributed by atoms with Crippen molar-refractivity contribution in [3.63, 3.8) is 0 Å². The fourth-order valence-corrected chi connectivity index (χ4v) is 7.55. The van der Waals surface area contributed by atoms with Crippen LogP contribution in [-0.4, -0.2) is 84.7 Å². The van der Waals surface area contributed by atoms with E-state index >= 15 is 0 Å². The van der Waals surface area contributed by atoms with E-state index < -0.39 is 34.8 Å². The van der Waals surface area contributed by atoms with Gasteiger partial charge in [0.1, 0.15) is 0 Å². The van der Waals surface area contributed by atoms with Gasteiger partial charge < -0.3 is 4.52 Å². The van der Waals surface area contributed by atoms with Crippen LogP contribution in [0.4, 0.5) is 5.69 Å². The van der Waals surface area contributed by atoms with Gasteiger partial charge in [0, 0.05) is 61.8 Å². The van der Waals surface area contributed by atoms with E-state index in [2.05, 4.69) is 0 Å². The summed E-state index contributed by atoms with van der Waals surface area (Å²) in [5, 5.41) is 10.7. The van der Waals surface area contributed by atoms with Crippen LogP contribution in [-0.2, 0) is 18.9 Å². The number of nitrogens with zero attached hydrogens (tertiary/aromatic N) is 3. The summed E-state index contributed by atoms with van der Waals surface area (Å²) in [4.78, 5) is 10.0. The number of alkyl halides is 4. The third-order valence-corrected chi connectivity index (χ3v) is 9.22. The first-order chi connectivity index (χ1) is 14.7. The van der Waals surface area contributed by atoms with Crippen molar-refractivity contribution in [2.24, 2.45) is 0 Å². The second kappa shape index (κ2) is 14.2. The van der Waals surface area contributed by atoms with Crippen LogP contribution in [0.2, 0.25) is 0 Å². The van der Waals surface area contributed by atoms with Gasteiger partial charge in [-0.3, -0.25) is 14.7 Å². The SMILES string of the molecule is O=[N+]([O-])c1ccc(S(=O)(=O)CCOP(=O)(N(CCCl)CCCl)N(CCCl)CCCl)cc1. The highest BCUT2D eigenvalue weighted by Gasteiger charge is 2.38. The minimum absolute atomic E-state index is 0.103. The lowest BCUT2D eigenvalue weighted by Crippen LogP contribution is -2.38. The maximum atomic E-state index is 13.8. The molecule has 0 aliphatic carbocycles. The molecule has 1 rings (SSSR count). The van der Waals surface area contributed by atoms with Crippen LogP contribution in [0.1, 0.15) is 0 Å². The first-order valence-corrected chi connectivity index (χ1v) is 14.4. The molecule has 0 spiro atoms. The highest BCUT2D eigenvalue weighted by molar-refractivity contribution is 7.91. The Morgan fingerprint density at radius 1 is 0.903 bits per heavy atom. The summed E-state index contributed by atoms with van der Waals surface area (Å²) in [6.07, 6.45) is 0. The van der Waals surface area contributed by atoms with Gasteiger partial charge in [-0.05, 0) is 12.1 Å². The second-order valence-electron chi connectivity index (χ2n) is 6.06. The van der Waals surface area contributed by atoms with E-state index in [-0.39, 0.29) is 60.3 Å². The zero-order valence-electron chi connectivity index (χ0n) is 16.5. The zero-order valence-corrected chi connectivity index (χ0v) is 21.3. The Bertz CT molecular complexity index is 814. The molecule has 0 saturated carbocycles. The van der Waals surface area contributed by atoms with Gasteiger partial charge in [0.25, 0.3) is 5.69 Å². The van der Waals surface area contributed by atoms with Crippen molar-refractivity contribution in [1.82, 2.24) is 9.34 Å². The van der Waals surface area contributed by atoms with Crippen molar-refractivity contribution in [3.8, 4) is 0 Å². The van der Waals surface area contributed by atoms with Crippen molar-refractivity contribution in [2.45, 2.75) is 4.90 Å². The van der Waals surface area contributed by atoms with Crippen LogP contribution in [0.25, 0.3) is 0 Å². The van der Waals surface area contributed by atoms with Crippen molar-refractivity contribution >= 4 is 69.6 Å². The number of non-ortho nitro benzene ring substituents is 1. The summed E-state index contributed by atoms with van der Waals surface area (Å²) in [6, 6.07) is 4.50. The molecular formula is C16H24Cl4N3O6PS. The minimum atomic E-state index is -3.84. The Morgan fingerprint density at radius 2 is 1.32 bits per heavy atom. The van der Waals surface area contributed by atoms with Gasteiger partial charge in [0.15, 0.2) is 9.84 Å². The van der Waals surface area contributed by atoms with Gasteiger partial charge in [-0.1, -0.05) is 0 Å². The van der Waals surface area contributed by atoms with Crippen LogP contribution in [0.15, 0.2) is 29.2 Å². The molecule has 31 heavy (non-hydrogen) atoms. The number of rotatable bonds is 16. The zero-order chi connectivity index (χ0) is 23.5. The molecule has 0 saturated heterocycles. The largest absolute Gasteiger partial charge is 0.346 e. The van der Waals surface area contributed by atoms with Crippen LogP contribution in [0.5, 0.6) is 0 Å². The molecular weight excluding hydrogens is 535 g/mol. The standard InChI is InChI=1S/C16H24Cl4N3O6PS/c17-5-9-21(10-6-18)30(26,22(11-7-19)12-8-20)29-13-14-31(27,28)16-3-1-15(2-4-16)23(24)25/h1-4H,5-14H2. The van der Waals surface area contributed by atoms with E-state index in [1.165, 1.54) is 9.34 Å². The number of hydrogen-bond acceptors (Lipinski definition) is 6. The molecule has 0 N–H and O–H groups in total.